The average Bonchev–Trinajstić information content (AvgIpc) is 2.72. The molecule has 2 aliphatic rings. The minimum absolute atomic E-state index is 0.0396. The van der Waals surface area contributed by atoms with Crippen LogP contribution in [0.4, 0.5) is 11.4 Å². The van der Waals surface area contributed by atoms with Gasteiger partial charge in [-0.3, -0.25) is 19.7 Å². The number of nitro benzene ring substituents is 1. The van der Waals surface area contributed by atoms with E-state index in [1.807, 2.05) is 0 Å². The van der Waals surface area contributed by atoms with Crippen molar-refractivity contribution in [1.82, 2.24) is 0 Å². The van der Waals surface area contributed by atoms with Gasteiger partial charge >= 0.3 is 5.91 Å². The molecule has 0 atom stereocenters. The third-order valence-corrected chi connectivity index (χ3v) is 3.90. The number of carbonyl (C=O) groups is 2. The first kappa shape index (κ1) is 12.7. The summed E-state index contributed by atoms with van der Waals surface area (Å²) in [5, 5.41) is 10.8. The lowest BCUT2D eigenvalue weighted by Gasteiger charge is -2.13. The van der Waals surface area contributed by atoms with Gasteiger partial charge in [-0.25, -0.2) is 4.90 Å². The molecule has 0 radical (unpaired) electrons. The van der Waals surface area contributed by atoms with E-state index in [1.165, 1.54) is 36.0 Å². The Balaban J connectivity index is 2.00. The monoisotopic (exact) mass is 292 g/mol. The van der Waals surface area contributed by atoms with Gasteiger partial charge in [-0.05, 0) is 6.07 Å². The summed E-state index contributed by atoms with van der Waals surface area (Å²) in [4.78, 5) is 35.7. The minimum atomic E-state index is -0.576. The van der Waals surface area contributed by atoms with Crippen LogP contribution < -0.4 is 4.90 Å². The van der Waals surface area contributed by atoms with Crippen molar-refractivity contribution in [3.8, 4) is 0 Å². The Labute approximate surface area is 117 Å². The van der Waals surface area contributed by atoms with Gasteiger partial charge in [-0.2, -0.15) is 0 Å². The largest absolute Gasteiger partial charge is 0.486 e. The Morgan fingerprint density at radius 2 is 2.10 bits per heavy atom. The van der Waals surface area contributed by atoms with Crippen molar-refractivity contribution >= 4 is 35.0 Å². The van der Waals surface area contributed by atoms with Gasteiger partial charge in [0, 0.05) is 17.9 Å². The molecule has 2 heterocycles. The van der Waals surface area contributed by atoms with Gasteiger partial charge in [0.25, 0.3) is 11.6 Å². The number of hydrogen-bond donors (Lipinski definition) is 0. The second-order valence-electron chi connectivity index (χ2n) is 4.08. The number of nitro groups is 1. The zero-order chi connectivity index (χ0) is 14.3. The lowest BCUT2D eigenvalue weighted by molar-refractivity contribution is -0.384. The summed E-state index contributed by atoms with van der Waals surface area (Å²) in [6.45, 7) is 0.366. The van der Waals surface area contributed by atoms with Crippen LogP contribution in [0.5, 0.6) is 0 Å². The van der Waals surface area contributed by atoms with Crippen LogP contribution in [-0.4, -0.2) is 29.1 Å². The second-order valence-corrected chi connectivity index (χ2v) is 5.18. The zero-order valence-corrected chi connectivity index (χ0v) is 10.9. The number of amides is 2. The van der Waals surface area contributed by atoms with E-state index in [0.717, 1.165) is 4.90 Å². The van der Waals surface area contributed by atoms with Gasteiger partial charge in [-0.15, -0.1) is 11.8 Å². The molecule has 0 spiro atoms. The molecule has 8 heteroatoms. The number of nitrogens with zero attached hydrogens (tertiary/aromatic N) is 2. The summed E-state index contributed by atoms with van der Waals surface area (Å²) >= 11 is 1.26. The molecule has 7 nitrogen and oxygen atoms in total. The molecule has 0 fully saturated rings. The Hall–Kier alpha value is -2.35. The van der Waals surface area contributed by atoms with Crippen LogP contribution in [-0.2, 0) is 14.3 Å². The Bertz CT molecular complexity index is 642. The number of ether oxygens (including phenoxy) is 1. The first-order chi connectivity index (χ1) is 9.59. The molecule has 1 aromatic rings. The third kappa shape index (κ3) is 1.85. The fourth-order valence-electron chi connectivity index (χ4n) is 2.01. The van der Waals surface area contributed by atoms with Crippen LogP contribution in [0, 0.1) is 10.1 Å². The predicted molar refractivity (Wildman–Crippen MR) is 71.0 cm³/mol. The second kappa shape index (κ2) is 4.64. The van der Waals surface area contributed by atoms with Gasteiger partial charge in [0.15, 0.2) is 0 Å². The van der Waals surface area contributed by atoms with Crippen LogP contribution in [0.1, 0.15) is 0 Å². The van der Waals surface area contributed by atoms with Gasteiger partial charge in [0.1, 0.15) is 4.91 Å². The molecular formula is C12H8N2O5S. The minimum Gasteiger partial charge on any atom is -0.486 e. The van der Waals surface area contributed by atoms with Crippen LogP contribution in [0.3, 0.4) is 0 Å². The lowest BCUT2D eigenvalue weighted by Crippen LogP contribution is -2.31. The number of hydrogen-bond acceptors (Lipinski definition) is 6. The highest BCUT2D eigenvalue weighted by molar-refractivity contribution is 8.04. The molecule has 0 saturated carbocycles. The van der Waals surface area contributed by atoms with Gasteiger partial charge in [-0.1, -0.05) is 6.07 Å². The van der Waals surface area contributed by atoms with Gasteiger partial charge in [0.2, 0.25) is 5.76 Å². The first-order valence-electron chi connectivity index (χ1n) is 5.72. The molecule has 3 rings (SSSR count). The van der Waals surface area contributed by atoms with Crippen molar-refractivity contribution in [2.45, 2.75) is 0 Å². The number of imide groups is 1. The first-order valence-corrected chi connectivity index (χ1v) is 6.71. The molecule has 20 heavy (non-hydrogen) atoms. The SMILES string of the molecule is O=C1C2=C(SCCO2)C(=O)N1c1cccc([N+](=O)[O-])c1. The third-order valence-electron chi connectivity index (χ3n) is 2.88. The quantitative estimate of drug-likeness (QED) is 0.465. The normalized spacial score (nSPS) is 18.1. The highest BCUT2D eigenvalue weighted by Crippen LogP contribution is 2.37. The molecule has 0 bridgehead atoms. The number of benzene rings is 1. The van der Waals surface area contributed by atoms with E-state index in [4.69, 9.17) is 4.74 Å². The van der Waals surface area contributed by atoms with Crippen LogP contribution in [0.25, 0.3) is 0 Å². The van der Waals surface area contributed by atoms with Gasteiger partial charge in [0.05, 0.1) is 17.2 Å². The average molecular weight is 292 g/mol. The maximum Gasteiger partial charge on any atom is 0.301 e. The fraction of sp³-hybridized carbons (Fsp3) is 0.167. The lowest BCUT2D eigenvalue weighted by atomic mass is 10.2. The summed E-state index contributed by atoms with van der Waals surface area (Å²) in [6, 6.07) is 5.40. The van der Waals surface area contributed by atoms with Crippen molar-refractivity contribution < 1.29 is 19.2 Å². The molecule has 0 N–H and O–H groups in total. The van der Waals surface area contributed by atoms with E-state index < -0.39 is 16.7 Å². The Morgan fingerprint density at radius 3 is 2.80 bits per heavy atom. The standard InChI is InChI=1S/C12H8N2O5S/c15-11-9-10(20-5-4-19-9)12(16)13(11)7-2-1-3-8(6-7)14(17)18/h1-3,6H,4-5H2. The van der Waals surface area contributed by atoms with Crippen molar-refractivity contribution in [3.05, 3.63) is 45.0 Å². The number of thioether (sulfide) groups is 1. The maximum atomic E-state index is 12.2. The summed E-state index contributed by atoms with van der Waals surface area (Å²) in [5.41, 5.74) is -0.00524. The molecule has 0 unspecified atom stereocenters. The topological polar surface area (TPSA) is 89.8 Å². The molecule has 2 aliphatic heterocycles. The van der Waals surface area contributed by atoms with Crippen molar-refractivity contribution in [3.63, 3.8) is 0 Å². The molecule has 0 saturated heterocycles. The van der Waals surface area contributed by atoms with Crippen LogP contribution in [0.15, 0.2) is 34.9 Å². The smallest absolute Gasteiger partial charge is 0.301 e. The van der Waals surface area contributed by atoms with E-state index in [-0.39, 0.29) is 22.0 Å². The van der Waals surface area contributed by atoms with Gasteiger partial charge < -0.3 is 4.74 Å². The number of non-ortho nitro benzene ring substituents is 1. The molecular weight excluding hydrogens is 284 g/mol. The number of anilines is 1. The molecule has 102 valence electrons. The molecule has 0 aliphatic carbocycles. The summed E-state index contributed by atoms with van der Waals surface area (Å²) in [5.74, 6) is -0.425. The highest BCUT2D eigenvalue weighted by Gasteiger charge is 2.42. The van der Waals surface area contributed by atoms with E-state index in [1.54, 1.807) is 0 Å². The van der Waals surface area contributed by atoms with Crippen molar-refractivity contribution in [1.29, 1.82) is 0 Å². The highest BCUT2D eigenvalue weighted by atomic mass is 32.2. The van der Waals surface area contributed by atoms with E-state index in [2.05, 4.69) is 0 Å². The summed E-state index contributed by atoms with van der Waals surface area (Å²) < 4.78 is 5.23. The van der Waals surface area contributed by atoms with Crippen molar-refractivity contribution in [2.24, 2.45) is 0 Å². The van der Waals surface area contributed by atoms with E-state index in [0.29, 0.717) is 12.4 Å². The number of rotatable bonds is 2. The van der Waals surface area contributed by atoms with E-state index >= 15 is 0 Å². The molecule has 2 amide bonds. The summed E-state index contributed by atoms with van der Waals surface area (Å²) in [6.07, 6.45) is 0. The zero-order valence-electron chi connectivity index (χ0n) is 10.1. The fourth-order valence-corrected chi connectivity index (χ4v) is 2.87. The molecule has 1 aromatic carbocycles. The Morgan fingerprint density at radius 1 is 1.30 bits per heavy atom. The predicted octanol–water partition coefficient (Wildman–Crippen LogP) is 1.44. The van der Waals surface area contributed by atoms with Crippen molar-refractivity contribution in [2.75, 3.05) is 17.3 Å². The molecule has 0 aromatic heterocycles. The van der Waals surface area contributed by atoms with Crippen LogP contribution >= 0.6 is 11.8 Å². The van der Waals surface area contributed by atoms with E-state index in [9.17, 15) is 19.7 Å². The number of carbonyl (C=O) groups excluding carboxylic acids is 2. The van der Waals surface area contributed by atoms with Crippen LogP contribution in [0.2, 0.25) is 0 Å². The summed E-state index contributed by atoms with van der Waals surface area (Å²) in [7, 11) is 0. The Kier molecular flexibility index (Phi) is 2.94. The maximum absolute atomic E-state index is 12.2.